The zero-order chi connectivity index (χ0) is 15.9. The summed E-state index contributed by atoms with van der Waals surface area (Å²) in [6, 6.07) is 4.21. The summed E-state index contributed by atoms with van der Waals surface area (Å²) in [4.78, 5) is 37.1. The van der Waals surface area contributed by atoms with Crippen molar-refractivity contribution in [1.29, 1.82) is 0 Å². The number of methoxy groups -OCH3 is 1. The van der Waals surface area contributed by atoms with Gasteiger partial charge in [-0.15, -0.1) is 0 Å². The number of hydrogen-bond donors (Lipinski definition) is 1. The first kappa shape index (κ1) is 14.3. The summed E-state index contributed by atoms with van der Waals surface area (Å²) in [5.74, 6) is -1.61. The number of carboxylic acid groups (broad SMARTS) is 1. The van der Waals surface area contributed by atoms with E-state index in [-0.39, 0.29) is 23.1 Å². The van der Waals surface area contributed by atoms with E-state index in [1.54, 1.807) is 0 Å². The standard InChI is InChI=1S/C16H15NO5/c1-22-13-8-9(6-7-12(13)16(20)21)17-14(18)10-4-2-3-5-11(10)15(17)19/h6-8H,2-5H2,1H3,(H,20,21). The van der Waals surface area contributed by atoms with E-state index in [0.717, 1.165) is 17.7 Å². The zero-order valence-corrected chi connectivity index (χ0v) is 12.1. The van der Waals surface area contributed by atoms with E-state index in [4.69, 9.17) is 9.84 Å². The van der Waals surface area contributed by atoms with Crippen molar-refractivity contribution < 1.29 is 24.2 Å². The molecule has 0 spiro atoms. The molecule has 1 N–H and O–H groups in total. The van der Waals surface area contributed by atoms with Crippen LogP contribution in [0.3, 0.4) is 0 Å². The highest BCUT2D eigenvalue weighted by atomic mass is 16.5. The largest absolute Gasteiger partial charge is 0.496 e. The van der Waals surface area contributed by atoms with Gasteiger partial charge in [0.1, 0.15) is 11.3 Å². The van der Waals surface area contributed by atoms with Gasteiger partial charge in [0.05, 0.1) is 12.8 Å². The number of ether oxygens (including phenoxy) is 1. The van der Waals surface area contributed by atoms with Gasteiger partial charge >= 0.3 is 5.97 Å². The van der Waals surface area contributed by atoms with Crippen LogP contribution in [0.5, 0.6) is 5.75 Å². The molecule has 0 atom stereocenters. The van der Waals surface area contributed by atoms with Gasteiger partial charge in [0, 0.05) is 17.2 Å². The number of aromatic carboxylic acids is 1. The molecule has 1 aromatic carbocycles. The number of carboxylic acids is 1. The molecule has 6 nitrogen and oxygen atoms in total. The van der Waals surface area contributed by atoms with E-state index in [9.17, 15) is 14.4 Å². The van der Waals surface area contributed by atoms with Crippen molar-refractivity contribution in [2.45, 2.75) is 25.7 Å². The van der Waals surface area contributed by atoms with Crippen molar-refractivity contribution in [3.63, 3.8) is 0 Å². The molecule has 3 rings (SSSR count). The van der Waals surface area contributed by atoms with E-state index in [1.165, 1.54) is 25.3 Å². The third kappa shape index (κ3) is 2.07. The van der Waals surface area contributed by atoms with Crippen LogP contribution in [-0.4, -0.2) is 30.0 Å². The minimum atomic E-state index is -1.13. The number of hydrogen-bond acceptors (Lipinski definition) is 4. The third-order valence-corrected chi connectivity index (χ3v) is 4.06. The van der Waals surface area contributed by atoms with Crippen LogP contribution in [0.1, 0.15) is 36.0 Å². The van der Waals surface area contributed by atoms with Gasteiger partial charge in [-0.1, -0.05) is 0 Å². The maximum absolute atomic E-state index is 12.5. The highest BCUT2D eigenvalue weighted by Gasteiger charge is 2.39. The van der Waals surface area contributed by atoms with Crippen molar-refractivity contribution >= 4 is 23.5 Å². The number of carbonyl (C=O) groups is 3. The summed E-state index contributed by atoms with van der Waals surface area (Å²) in [7, 11) is 1.35. The Bertz CT molecular complexity index is 691. The van der Waals surface area contributed by atoms with Crippen LogP contribution in [-0.2, 0) is 9.59 Å². The van der Waals surface area contributed by atoms with Gasteiger partial charge in [0.2, 0.25) is 0 Å². The maximum atomic E-state index is 12.5. The molecule has 6 heteroatoms. The summed E-state index contributed by atoms with van der Waals surface area (Å²) in [6.45, 7) is 0. The molecule has 2 aliphatic rings. The monoisotopic (exact) mass is 301 g/mol. The summed E-state index contributed by atoms with van der Waals surface area (Å²) < 4.78 is 5.05. The van der Waals surface area contributed by atoms with Crippen LogP contribution in [0.4, 0.5) is 5.69 Å². The van der Waals surface area contributed by atoms with Crippen molar-refractivity contribution in [3.8, 4) is 5.75 Å². The molecular weight excluding hydrogens is 286 g/mol. The Balaban J connectivity index is 2.01. The van der Waals surface area contributed by atoms with Crippen LogP contribution in [0, 0.1) is 0 Å². The lowest BCUT2D eigenvalue weighted by Crippen LogP contribution is -2.31. The average molecular weight is 301 g/mol. The number of amides is 2. The first-order chi connectivity index (χ1) is 10.5. The quantitative estimate of drug-likeness (QED) is 0.865. The fourth-order valence-corrected chi connectivity index (χ4v) is 2.97. The number of nitrogens with zero attached hydrogens (tertiary/aromatic N) is 1. The molecule has 1 aliphatic heterocycles. The molecule has 0 fully saturated rings. The normalized spacial score (nSPS) is 17.8. The molecule has 2 amide bonds. The molecule has 0 saturated heterocycles. The lowest BCUT2D eigenvalue weighted by molar-refractivity contribution is -0.120. The number of benzene rings is 1. The molecule has 0 unspecified atom stereocenters. The second-order valence-electron chi connectivity index (χ2n) is 5.30. The van der Waals surface area contributed by atoms with Crippen molar-refractivity contribution in [3.05, 3.63) is 34.9 Å². The summed E-state index contributed by atoms with van der Waals surface area (Å²) in [5, 5.41) is 9.09. The summed E-state index contributed by atoms with van der Waals surface area (Å²) in [5.41, 5.74) is 1.52. The summed E-state index contributed by atoms with van der Waals surface area (Å²) in [6.07, 6.45) is 3.07. The Morgan fingerprint density at radius 2 is 1.73 bits per heavy atom. The fraction of sp³-hybridized carbons (Fsp3) is 0.312. The smallest absolute Gasteiger partial charge is 0.339 e. The number of carbonyl (C=O) groups excluding carboxylic acids is 2. The third-order valence-electron chi connectivity index (χ3n) is 4.06. The average Bonchev–Trinajstić information content (AvgIpc) is 2.78. The first-order valence-electron chi connectivity index (χ1n) is 7.06. The van der Waals surface area contributed by atoms with Gasteiger partial charge in [-0.2, -0.15) is 0 Å². The Morgan fingerprint density at radius 3 is 2.23 bits per heavy atom. The molecule has 114 valence electrons. The molecule has 0 saturated carbocycles. The van der Waals surface area contributed by atoms with E-state index in [1.807, 2.05) is 0 Å². The SMILES string of the molecule is COc1cc(N2C(=O)C3=C(CCCC3)C2=O)ccc1C(=O)O. The van der Waals surface area contributed by atoms with Crippen LogP contribution in [0.15, 0.2) is 29.3 Å². The van der Waals surface area contributed by atoms with E-state index in [2.05, 4.69) is 0 Å². The lowest BCUT2D eigenvalue weighted by Gasteiger charge is -2.16. The second kappa shape index (κ2) is 5.29. The molecule has 1 aromatic rings. The Kier molecular flexibility index (Phi) is 3.44. The van der Waals surface area contributed by atoms with Crippen molar-refractivity contribution in [2.75, 3.05) is 12.0 Å². The molecule has 1 heterocycles. The first-order valence-corrected chi connectivity index (χ1v) is 7.06. The van der Waals surface area contributed by atoms with E-state index in [0.29, 0.717) is 29.7 Å². The van der Waals surface area contributed by atoms with Gasteiger partial charge in [-0.05, 0) is 37.8 Å². The summed E-state index contributed by atoms with van der Waals surface area (Å²) >= 11 is 0. The Labute approximate surface area is 127 Å². The van der Waals surface area contributed by atoms with Gasteiger partial charge in [-0.25, -0.2) is 9.69 Å². The molecule has 0 radical (unpaired) electrons. The molecule has 1 aliphatic carbocycles. The number of rotatable bonds is 3. The van der Waals surface area contributed by atoms with Crippen LogP contribution >= 0.6 is 0 Å². The Hall–Kier alpha value is -2.63. The van der Waals surface area contributed by atoms with Gasteiger partial charge in [0.15, 0.2) is 0 Å². The highest BCUT2D eigenvalue weighted by Crippen LogP contribution is 2.37. The van der Waals surface area contributed by atoms with Gasteiger partial charge in [0.25, 0.3) is 11.8 Å². The van der Waals surface area contributed by atoms with E-state index < -0.39 is 5.97 Å². The molecule has 0 aromatic heterocycles. The number of anilines is 1. The number of imide groups is 1. The molecule has 22 heavy (non-hydrogen) atoms. The topological polar surface area (TPSA) is 83.9 Å². The second-order valence-corrected chi connectivity index (χ2v) is 5.30. The zero-order valence-electron chi connectivity index (χ0n) is 12.1. The molecule has 0 bridgehead atoms. The van der Waals surface area contributed by atoms with Gasteiger partial charge < -0.3 is 9.84 Å². The Morgan fingerprint density at radius 1 is 1.14 bits per heavy atom. The lowest BCUT2D eigenvalue weighted by atomic mass is 9.93. The van der Waals surface area contributed by atoms with Crippen molar-refractivity contribution in [1.82, 2.24) is 0 Å². The fourth-order valence-electron chi connectivity index (χ4n) is 2.97. The molecular formula is C16H15NO5. The predicted octanol–water partition coefficient (Wildman–Crippen LogP) is 2.14. The maximum Gasteiger partial charge on any atom is 0.339 e. The highest BCUT2D eigenvalue weighted by molar-refractivity contribution is 6.33. The van der Waals surface area contributed by atoms with Gasteiger partial charge in [-0.3, -0.25) is 9.59 Å². The predicted molar refractivity (Wildman–Crippen MR) is 77.9 cm³/mol. The minimum absolute atomic E-state index is 0.0110. The van der Waals surface area contributed by atoms with Crippen molar-refractivity contribution in [2.24, 2.45) is 0 Å². The van der Waals surface area contributed by atoms with Crippen LogP contribution in [0.25, 0.3) is 0 Å². The van der Waals surface area contributed by atoms with Crippen LogP contribution < -0.4 is 9.64 Å². The minimum Gasteiger partial charge on any atom is -0.496 e. The van der Waals surface area contributed by atoms with E-state index >= 15 is 0 Å². The van der Waals surface area contributed by atoms with Crippen LogP contribution in [0.2, 0.25) is 0 Å².